The lowest BCUT2D eigenvalue weighted by atomic mass is 10.1. The first-order valence-electron chi connectivity index (χ1n) is 9.16. The summed E-state index contributed by atoms with van der Waals surface area (Å²) in [4.78, 5) is 12.2. The molecule has 0 saturated carbocycles. The standard InChI is InChI=1S/C23H20ClN3O2/c1-15-3-8-18(25-12-15)14-29-19-9-10-20(22(11-19)28-2)21-13-26-23(27-21)16-4-6-17(24)7-5-16/h3-13H,14H2,1-2H3,(H,26,27). The van der Waals surface area contributed by atoms with Crippen molar-refractivity contribution >= 4 is 11.6 Å². The highest BCUT2D eigenvalue weighted by molar-refractivity contribution is 6.30. The van der Waals surface area contributed by atoms with Crippen molar-refractivity contribution in [1.29, 1.82) is 0 Å². The first-order valence-corrected chi connectivity index (χ1v) is 9.54. The normalized spacial score (nSPS) is 10.7. The Balaban J connectivity index is 1.54. The molecule has 4 aromatic rings. The van der Waals surface area contributed by atoms with Crippen LogP contribution in [0.25, 0.3) is 22.6 Å². The molecule has 0 amide bonds. The second-order valence-corrected chi connectivity index (χ2v) is 7.07. The molecule has 0 fully saturated rings. The number of aryl methyl sites for hydroxylation is 1. The predicted octanol–water partition coefficient (Wildman–Crippen LogP) is 5.69. The molecule has 0 spiro atoms. The molecule has 5 nitrogen and oxygen atoms in total. The maximum atomic E-state index is 5.96. The van der Waals surface area contributed by atoms with Crippen molar-refractivity contribution in [2.75, 3.05) is 7.11 Å². The number of pyridine rings is 1. The highest BCUT2D eigenvalue weighted by Crippen LogP contribution is 2.33. The molecule has 6 heteroatoms. The summed E-state index contributed by atoms with van der Waals surface area (Å²) in [6.45, 7) is 2.41. The summed E-state index contributed by atoms with van der Waals surface area (Å²) in [5, 5.41) is 0.693. The molecule has 0 atom stereocenters. The van der Waals surface area contributed by atoms with E-state index in [1.165, 1.54) is 0 Å². The van der Waals surface area contributed by atoms with Crippen LogP contribution in [0.1, 0.15) is 11.3 Å². The van der Waals surface area contributed by atoms with Crippen molar-refractivity contribution in [2.24, 2.45) is 0 Å². The Hall–Kier alpha value is -3.31. The number of halogens is 1. The van der Waals surface area contributed by atoms with Gasteiger partial charge in [0.15, 0.2) is 0 Å². The van der Waals surface area contributed by atoms with Crippen LogP contribution < -0.4 is 9.47 Å². The monoisotopic (exact) mass is 405 g/mol. The van der Waals surface area contributed by atoms with Crippen LogP contribution in [0.2, 0.25) is 5.02 Å². The average Bonchev–Trinajstić information content (AvgIpc) is 3.23. The van der Waals surface area contributed by atoms with Gasteiger partial charge in [0.05, 0.1) is 24.7 Å². The van der Waals surface area contributed by atoms with Gasteiger partial charge in [-0.1, -0.05) is 17.7 Å². The maximum absolute atomic E-state index is 5.96. The summed E-state index contributed by atoms with van der Waals surface area (Å²) < 4.78 is 11.4. The number of benzene rings is 2. The van der Waals surface area contributed by atoms with E-state index in [2.05, 4.69) is 15.0 Å². The Morgan fingerprint density at radius 1 is 0.966 bits per heavy atom. The molecule has 2 aromatic heterocycles. The number of aromatic amines is 1. The number of aromatic nitrogens is 3. The van der Waals surface area contributed by atoms with Gasteiger partial charge < -0.3 is 14.5 Å². The summed E-state index contributed by atoms with van der Waals surface area (Å²) in [6, 6.07) is 17.3. The molecule has 29 heavy (non-hydrogen) atoms. The van der Waals surface area contributed by atoms with Gasteiger partial charge in [-0.3, -0.25) is 4.98 Å². The minimum Gasteiger partial charge on any atom is -0.496 e. The van der Waals surface area contributed by atoms with E-state index in [1.54, 1.807) is 13.3 Å². The number of imidazole rings is 1. The Labute approximate surface area is 174 Å². The van der Waals surface area contributed by atoms with E-state index in [9.17, 15) is 0 Å². The zero-order chi connectivity index (χ0) is 20.2. The SMILES string of the molecule is COc1cc(OCc2ccc(C)cn2)ccc1-c1cnc(-c2ccc(Cl)cc2)[nH]1. The maximum Gasteiger partial charge on any atom is 0.137 e. The van der Waals surface area contributed by atoms with Gasteiger partial charge in [-0.15, -0.1) is 0 Å². The van der Waals surface area contributed by atoms with E-state index in [0.717, 1.165) is 33.9 Å². The molecule has 2 heterocycles. The molecule has 0 aliphatic rings. The lowest BCUT2D eigenvalue weighted by Crippen LogP contribution is -1.99. The molecule has 146 valence electrons. The fourth-order valence-corrected chi connectivity index (χ4v) is 3.06. The number of hydrogen-bond donors (Lipinski definition) is 1. The van der Waals surface area contributed by atoms with Gasteiger partial charge in [0.25, 0.3) is 0 Å². The number of H-pyrrole nitrogens is 1. The van der Waals surface area contributed by atoms with Gasteiger partial charge in [0, 0.05) is 28.4 Å². The van der Waals surface area contributed by atoms with Crippen LogP contribution in [0.4, 0.5) is 0 Å². The first kappa shape index (κ1) is 19.0. The van der Waals surface area contributed by atoms with Crippen molar-refractivity contribution in [3.05, 3.63) is 83.3 Å². The van der Waals surface area contributed by atoms with E-state index in [4.69, 9.17) is 21.1 Å². The van der Waals surface area contributed by atoms with Gasteiger partial charge in [0.1, 0.15) is 23.9 Å². The zero-order valence-corrected chi connectivity index (χ0v) is 16.9. The summed E-state index contributed by atoms with van der Waals surface area (Å²) in [7, 11) is 1.64. The third kappa shape index (κ3) is 4.41. The van der Waals surface area contributed by atoms with Gasteiger partial charge in [0.2, 0.25) is 0 Å². The number of rotatable bonds is 6. The fourth-order valence-electron chi connectivity index (χ4n) is 2.94. The second kappa shape index (κ2) is 8.37. The van der Waals surface area contributed by atoms with Crippen LogP contribution in [0.5, 0.6) is 11.5 Å². The van der Waals surface area contributed by atoms with Crippen LogP contribution in [0, 0.1) is 6.92 Å². The summed E-state index contributed by atoms with van der Waals surface area (Å²) >= 11 is 5.96. The van der Waals surface area contributed by atoms with Crippen molar-refractivity contribution in [2.45, 2.75) is 13.5 Å². The van der Waals surface area contributed by atoms with E-state index in [0.29, 0.717) is 23.1 Å². The van der Waals surface area contributed by atoms with Gasteiger partial charge in [-0.25, -0.2) is 4.98 Å². The zero-order valence-electron chi connectivity index (χ0n) is 16.1. The average molecular weight is 406 g/mol. The molecule has 0 unspecified atom stereocenters. The Kier molecular flexibility index (Phi) is 5.49. The van der Waals surface area contributed by atoms with Crippen LogP contribution >= 0.6 is 11.6 Å². The third-order valence-electron chi connectivity index (χ3n) is 4.52. The molecule has 1 N–H and O–H groups in total. The number of methoxy groups -OCH3 is 1. The molecule has 0 aliphatic carbocycles. The number of nitrogens with zero attached hydrogens (tertiary/aromatic N) is 2. The van der Waals surface area contributed by atoms with E-state index in [1.807, 2.05) is 67.7 Å². The van der Waals surface area contributed by atoms with Crippen LogP contribution in [-0.4, -0.2) is 22.1 Å². The van der Waals surface area contributed by atoms with Crippen LogP contribution in [-0.2, 0) is 6.61 Å². The molecule has 2 aromatic carbocycles. The summed E-state index contributed by atoms with van der Waals surface area (Å²) in [5.74, 6) is 2.18. The largest absolute Gasteiger partial charge is 0.496 e. The Bertz CT molecular complexity index is 1110. The summed E-state index contributed by atoms with van der Waals surface area (Å²) in [5.41, 5.74) is 4.72. The smallest absolute Gasteiger partial charge is 0.137 e. The minimum atomic E-state index is 0.396. The fraction of sp³-hybridized carbons (Fsp3) is 0.130. The molecule has 0 aliphatic heterocycles. The van der Waals surface area contributed by atoms with Gasteiger partial charge in [-0.05, 0) is 55.0 Å². The Morgan fingerprint density at radius 2 is 1.79 bits per heavy atom. The number of hydrogen-bond acceptors (Lipinski definition) is 4. The molecule has 4 rings (SSSR count). The Morgan fingerprint density at radius 3 is 2.52 bits per heavy atom. The number of ether oxygens (including phenoxy) is 2. The van der Waals surface area contributed by atoms with Crippen molar-refractivity contribution in [3.63, 3.8) is 0 Å². The van der Waals surface area contributed by atoms with Crippen molar-refractivity contribution in [3.8, 4) is 34.1 Å². The van der Waals surface area contributed by atoms with E-state index < -0.39 is 0 Å². The van der Waals surface area contributed by atoms with Crippen molar-refractivity contribution in [1.82, 2.24) is 15.0 Å². The lowest BCUT2D eigenvalue weighted by molar-refractivity contribution is 0.299. The van der Waals surface area contributed by atoms with Crippen LogP contribution in [0.3, 0.4) is 0 Å². The molecular formula is C23H20ClN3O2. The number of nitrogens with one attached hydrogen (secondary N) is 1. The highest BCUT2D eigenvalue weighted by Gasteiger charge is 2.12. The van der Waals surface area contributed by atoms with Gasteiger partial charge >= 0.3 is 0 Å². The lowest BCUT2D eigenvalue weighted by Gasteiger charge is -2.11. The van der Waals surface area contributed by atoms with E-state index >= 15 is 0 Å². The van der Waals surface area contributed by atoms with Crippen LogP contribution in [0.15, 0.2) is 67.0 Å². The summed E-state index contributed by atoms with van der Waals surface area (Å²) in [6.07, 6.45) is 3.62. The topological polar surface area (TPSA) is 60.0 Å². The van der Waals surface area contributed by atoms with Gasteiger partial charge in [-0.2, -0.15) is 0 Å². The molecular weight excluding hydrogens is 386 g/mol. The quantitative estimate of drug-likeness (QED) is 0.447. The third-order valence-corrected chi connectivity index (χ3v) is 4.77. The molecule has 0 saturated heterocycles. The van der Waals surface area contributed by atoms with E-state index in [-0.39, 0.29) is 0 Å². The predicted molar refractivity (Wildman–Crippen MR) is 114 cm³/mol. The molecule has 0 bridgehead atoms. The highest BCUT2D eigenvalue weighted by atomic mass is 35.5. The van der Waals surface area contributed by atoms with Crippen molar-refractivity contribution < 1.29 is 9.47 Å². The second-order valence-electron chi connectivity index (χ2n) is 6.63. The minimum absolute atomic E-state index is 0.396. The molecule has 0 radical (unpaired) electrons. The first-order chi connectivity index (χ1) is 14.1.